The van der Waals surface area contributed by atoms with Crippen LogP contribution in [0.5, 0.6) is 0 Å². The number of amides is 1. The summed E-state index contributed by atoms with van der Waals surface area (Å²) in [5, 5.41) is 2.81. The van der Waals surface area contributed by atoms with Gasteiger partial charge in [-0.1, -0.05) is 20.3 Å². The van der Waals surface area contributed by atoms with Crippen LogP contribution in [-0.2, 0) is 9.47 Å². The summed E-state index contributed by atoms with van der Waals surface area (Å²) >= 11 is 0. The molecule has 0 heterocycles. The zero-order valence-corrected chi connectivity index (χ0v) is 9.34. The van der Waals surface area contributed by atoms with Crippen molar-refractivity contribution < 1.29 is 14.3 Å². The molecule has 0 aliphatic rings. The van der Waals surface area contributed by atoms with E-state index in [0.717, 1.165) is 19.3 Å². The fourth-order valence-corrected chi connectivity index (χ4v) is 1.15. The Morgan fingerprint density at radius 2 is 2.07 bits per heavy atom. The largest absolute Gasteiger partial charge is 0.447 e. The number of alkyl carbamates (subject to hydrolysis) is 1. The van der Waals surface area contributed by atoms with Crippen LogP contribution in [-0.4, -0.2) is 32.5 Å². The summed E-state index contributed by atoms with van der Waals surface area (Å²) in [6.07, 6.45) is 2.65. The van der Waals surface area contributed by atoms with Crippen LogP contribution in [0.3, 0.4) is 0 Å². The Bertz CT molecular complexity index is 150. The smallest absolute Gasteiger partial charge is 0.407 e. The van der Waals surface area contributed by atoms with Crippen LogP contribution in [0.1, 0.15) is 33.1 Å². The number of hydrogen-bond acceptors (Lipinski definition) is 3. The minimum atomic E-state index is -0.345. The van der Waals surface area contributed by atoms with E-state index in [1.807, 2.05) is 0 Å². The van der Waals surface area contributed by atoms with Gasteiger partial charge in [0.05, 0.1) is 6.61 Å². The normalized spacial score (nSPS) is 12.2. The van der Waals surface area contributed by atoms with Gasteiger partial charge in [0.1, 0.15) is 6.61 Å². The van der Waals surface area contributed by atoms with Crippen molar-refractivity contribution in [3.05, 3.63) is 0 Å². The van der Waals surface area contributed by atoms with Gasteiger partial charge in [-0.25, -0.2) is 4.79 Å². The van der Waals surface area contributed by atoms with Crippen LogP contribution >= 0.6 is 0 Å². The minimum absolute atomic E-state index is 0.232. The third-order valence-electron chi connectivity index (χ3n) is 1.97. The van der Waals surface area contributed by atoms with E-state index in [-0.39, 0.29) is 12.1 Å². The monoisotopic (exact) mass is 203 g/mol. The molecule has 4 heteroatoms. The summed E-state index contributed by atoms with van der Waals surface area (Å²) in [5.41, 5.74) is 0. The number of carbonyl (C=O) groups is 1. The van der Waals surface area contributed by atoms with Gasteiger partial charge < -0.3 is 14.8 Å². The lowest BCUT2D eigenvalue weighted by molar-refractivity contribution is 0.0960. The van der Waals surface area contributed by atoms with Gasteiger partial charge >= 0.3 is 6.09 Å². The molecule has 0 aromatic heterocycles. The van der Waals surface area contributed by atoms with Crippen LogP contribution < -0.4 is 5.32 Å². The molecule has 1 unspecified atom stereocenters. The van der Waals surface area contributed by atoms with E-state index in [2.05, 4.69) is 19.2 Å². The molecular formula is C10H21NO3. The molecule has 0 fully saturated rings. The lowest BCUT2D eigenvalue weighted by atomic mass is 10.1. The van der Waals surface area contributed by atoms with Gasteiger partial charge in [0.25, 0.3) is 0 Å². The van der Waals surface area contributed by atoms with Gasteiger partial charge in [-0.2, -0.15) is 0 Å². The van der Waals surface area contributed by atoms with Crippen molar-refractivity contribution in [3.63, 3.8) is 0 Å². The Morgan fingerprint density at radius 1 is 1.36 bits per heavy atom. The number of ether oxygens (including phenoxy) is 2. The molecule has 0 bridgehead atoms. The molecule has 4 nitrogen and oxygen atoms in total. The maximum atomic E-state index is 11.2. The molecule has 0 aromatic rings. The second-order valence-electron chi connectivity index (χ2n) is 3.17. The van der Waals surface area contributed by atoms with Crippen molar-refractivity contribution in [1.29, 1.82) is 0 Å². The molecular weight excluding hydrogens is 182 g/mol. The highest BCUT2D eigenvalue weighted by molar-refractivity contribution is 5.67. The fourth-order valence-electron chi connectivity index (χ4n) is 1.15. The first kappa shape index (κ1) is 13.2. The predicted octanol–water partition coefficient (Wildman–Crippen LogP) is 1.94. The van der Waals surface area contributed by atoms with Crippen molar-refractivity contribution in [3.8, 4) is 0 Å². The van der Waals surface area contributed by atoms with E-state index in [0.29, 0.717) is 13.2 Å². The van der Waals surface area contributed by atoms with Crippen molar-refractivity contribution in [1.82, 2.24) is 5.32 Å². The van der Waals surface area contributed by atoms with Crippen molar-refractivity contribution in [2.24, 2.45) is 0 Å². The van der Waals surface area contributed by atoms with Crippen LogP contribution in [0, 0.1) is 0 Å². The first-order valence-electron chi connectivity index (χ1n) is 5.16. The molecule has 0 spiro atoms. The average molecular weight is 203 g/mol. The van der Waals surface area contributed by atoms with E-state index < -0.39 is 0 Å². The molecule has 0 aliphatic heterocycles. The van der Waals surface area contributed by atoms with Gasteiger partial charge in [0.15, 0.2) is 0 Å². The average Bonchev–Trinajstić information content (AvgIpc) is 2.17. The molecule has 14 heavy (non-hydrogen) atoms. The Kier molecular flexibility index (Phi) is 8.33. The number of methoxy groups -OCH3 is 1. The van der Waals surface area contributed by atoms with Crippen molar-refractivity contribution in [2.45, 2.75) is 39.2 Å². The summed E-state index contributed by atoms with van der Waals surface area (Å²) in [6.45, 7) is 4.90. The molecule has 1 amide bonds. The van der Waals surface area contributed by atoms with E-state index >= 15 is 0 Å². The lowest BCUT2D eigenvalue weighted by Crippen LogP contribution is -2.35. The summed E-state index contributed by atoms with van der Waals surface area (Å²) in [6, 6.07) is 0.232. The molecule has 0 aromatic carbocycles. The molecule has 0 rings (SSSR count). The molecule has 1 atom stereocenters. The van der Waals surface area contributed by atoms with Gasteiger partial charge in [0.2, 0.25) is 0 Å². The lowest BCUT2D eigenvalue weighted by Gasteiger charge is -2.15. The number of rotatable bonds is 7. The molecule has 0 radical (unpaired) electrons. The number of carbonyl (C=O) groups excluding carboxylic acids is 1. The fraction of sp³-hybridized carbons (Fsp3) is 0.900. The molecule has 0 aliphatic carbocycles. The van der Waals surface area contributed by atoms with Gasteiger partial charge in [-0.3, -0.25) is 0 Å². The quantitative estimate of drug-likeness (QED) is 0.643. The zero-order valence-electron chi connectivity index (χ0n) is 9.34. The highest BCUT2D eigenvalue weighted by Crippen LogP contribution is 2.00. The zero-order chi connectivity index (χ0) is 10.8. The Labute approximate surface area is 86.0 Å². The summed E-state index contributed by atoms with van der Waals surface area (Å²) in [4.78, 5) is 11.2. The second kappa shape index (κ2) is 8.81. The topological polar surface area (TPSA) is 47.6 Å². The third kappa shape index (κ3) is 6.71. The molecule has 0 saturated carbocycles. The van der Waals surface area contributed by atoms with Crippen molar-refractivity contribution in [2.75, 3.05) is 20.3 Å². The summed E-state index contributed by atoms with van der Waals surface area (Å²) in [7, 11) is 1.58. The van der Waals surface area contributed by atoms with Crippen molar-refractivity contribution >= 4 is 6.09 Å². The van der Waals surface area contributed by atoms with E-state index in [1.165, 1.54) is 0 Å². The first-order chi connectivity index (χ1) is 6.74. The standard InChI is InChI=1S/C10H21NO3/c1-4-6-9(5-2)11-10(12)14-8-7-13-3/h9H,4-8H2,1-3H3,(H,11,12). The SMILES string of the molecule is CCCC(CC)NC(=O)OCCOC. The van der Waals surface area contributed by atoms with Crippen LogP contribution in [0.4, 0.5) is 4.79 Å². The predicted molar refractivity (Wildman–Crippen MR) is 55.3 cm³/mol. The highest BCUT2D eigenvalue weighted by atomic mass is 16.6. The van der Waals surface area contributed by atoms with Gasteiger partial charge in [0, 0.05) is 13.2 Å². The van der Waals surface area contributed by atoms with E-state index in [1.54, 1.807) is 7.11 Å². The maximum absolute atomic E-state index is 11.2. The first-order valence-corrected chi connectivity index (χ1v) is 5.16. The van der Waals surface area contributed by atoms with E-state index in [4.69, 9.17) is 9.47 Å². The highest BCUT2D eigenvalue weighted by Gasteiger charge is 2.09. The van der Waals surface area contributed by atoms with Crippen LogP contribution in [0.25, 0.3) is 0 Å². The van der Waals surface area contributed by atoms with Gasteiger partial charge in [-0.05, 0) is 12.8 Å². The van der Waals surface area contributed by atoms with E-state index in [9.17, 15) is 4.79 Å². The maximum Gasteiger partial charge on any atom is 0.407 e. The summed E-state index contributed by atoms with van der Waals surface area (Å²) in [5.74, 6) is 0. The second-order valence-corrected chi connectivity index (χ2v) is 3.17. The molecule has 0 saturated heterocycles. The Morgan fingerprint density at radius 3 is 2.57 bits per heavy atom. The van der Waals surface area contributed by atoms with Gasteiger partial charge in [-0.15, -0.1) is 0 Å². The minimum Gasteiger partial charge on any atom is -0.447 e. The number of nitrogens with one attached hydrogen (secondary N) is 1. The van der Waals surface area contributed by atoms with Crippen LogP contribution in [0.15, 0.2) is 0 Å². The third-order valence-corrected chi connectivity index (χ3v) is 1.97. The molecule has 84 valence electrons. The summed E-state index contributed by atoms with van der Waals surface area (Å²) < 4.78 is 9.65. The Hall–Kier alpha value is -0.770. The molecule has 1 N–H and O–H groups in total. The van der Waals surface area contributed by atoms with Crippen LogP contribution in [0.2, 0.25) is 0 Å². The number of hydrogen-bond donors (Lipinski definition) is 1. The Balaban J connectivity index is 3.56.